The molecule has 0 amide bonds. The van der Waals surface area contributed by atoms with Crippen LogP contribution in [0.1, 0.15) is 37.4 Å². The standard InChI is InChI=1S/C16H29N3O2S2.HI/c1-12(11-14-8-7-13(2)22-14)19-15(17-6)18-9-10-23(20,21)16(3,4)5;/h7-8,12H,9-11H2,1-6H3,(H2,17,18,19);1H. The zero-order chi connectivity index (χ0) is 17.7. The molecule has 1 rings (SSSR count). The predicted octanol–water partition coefficient (Wildman–Crippen LogP) is 2.98. The summed E-state index contributed by atoms with van der Waals surface area (Å²) in [6.07, 6.45) is 0.916. The molecule has 8 heteroatoms. The topological polar surface area (TPSA) is 70.6 Å². The van der Waals surface area contributed by atoms with E-state index in [1.807, 2.05) is 0 Å². The van der Waals surface area contributed by atoms with Crippen molar-refractivity contribution in [2.45, 2.75) is 51.8 Å². The van der Waals surface area contributed by atoms with Gasteiger partial charge in [-0.2, -0.15) is 0 Å². The van der Waals surface area contributed by atoms with Gasteiger partial charge in [-0.15, -0.1) is 35.3 Å². The fraction of sp³-hybridized carbons (Fsp3) is 0.688. The third kappa shape index (κ3) is 7.69. The first-order valence-corrected chi connectivity index (χ1v) is 10.3. The van der Waals surface area contributed by atoms with Gasteiger partial charge in [0.1, 0.15) is 0 Å². The second-order valence-corrected chi connectivity index (χ2v) is 10.9. The Kier molecular flexibility index (Phi) is 9.81. The van der Waals surface area contributed by atoms with Gasteiger partial charge in [-0.05, 0) is 46.8 Å². The summed E-state index contributed by atoms with van der Waals surface area (Å²) in [7, 11) is -1.43. The number of rotatable bonds is 6. The number of nitrogens with zero attached hydrogens (tertiary/aromatic N) is 1. The zero-order valence-corrected chi connectivity index (χ0v) is 19.3. The lowest BCUT2D eigenvalue weighted by Crippen LogP contribution is -2.45. The number of aryl methyl sites for hydroxylation is 1. The molecule has 0 radical (unpaired) electrons. The Morgan fingerprint density at radius 2 is 1.96 bits per heavy atom. The lowest BCUT2D eigenvalue weighted by atomic mass is 10.2. The average Bonchev–Trinajstić information content (AvgIpc) is 2.81. The number of nitrogens with one attached hydrogen (secondary N) is 2. The predicted molar refractivity (Wildman–Crippen MR) is 116 cm³/mol. The number of sulfone groups is 1. The molecule has 1 aromatic heterocycles. The Hall–Kier alpha value is -0.350. The lowest BCUT2D eigenvalue weighted by molar-refractivity contribution is 0.558. The monoisotopic (exact) mass is 487 g/mol. The molecule has 1 atom stereocenters. The molecule has 0 bridgehead atoms. The molecule has 140 valence electrons. The van der Waals surface area contributed by atoms with Gasteiger partial charge in [0.05, 0.1) is 10.5 Å². The van der Waals surface area contributed by atoms with Crippen molar-refractivity contribution in [2.75, 3.05) is 19.3 Å². The van der Waals surface area contributed by atoms with Crippen LogP contribution in [0.25, 0.3) is 0 Å². The fourth-order valence-electron chi connectivity index (χ4n) is 1.99. The number of guanidine groups is 1. The zero-order valence-electron chi connectivity index (χ0n) is 15.3. The number of halogens is 1. The van der Waals surface area contributed by atoms with Crippen LogP contribution >= 0.6 is 35.3 Å². The molecule has 0 saturated heterocycles. The van der Waals surface area contributed by atoms with Crippen LogP contribution in [0.5, 0.6) is 0 Å². The van der Waals surface area contributed by atoms with E-state index in [2.05, 4.69) is 41.6 Å². The normalized spacial score (nSPS) is 14.0. The first kappa shape index (κ1) is 23.6. The van der Waals surface area contributed by atoms with E-state index in [-0.39, 0.29) is 35.8 Å². The van der Waals surface area contributed by atoms with E-state index in [0.717, 1.165) is 6.42 Å². The first-order valence-electron chi connectivity index (χ1n) is 7.80. The van der Waals surface area contributed by atoms with Crippen molar-refractivity contribution in [2.24, 2.45) is 4.99 Å². The van der Waals surface area contributed by atoms with Crippen LogP contribution in [-0.4, -0.2) is 44.5 Å². The van der Waals surface area contributed by atoms with E-state index < -0.39 is 14.6 Å². The summed E-state index contributed by atoms with van der Waals surface area (Å²) in [5, 5.41) is 6.38. The smallest absolute Gasteiger partial charge is 0.191 e. The molecule has 0 aliphatic rings. The molecule has 0 fully saturated rings. The molecule has 1 heterocycles. The third-order valence-electron chi connectivity index (χ3n) is 3.51. The van der Waals surface area contributed by atoms with Crippen molar-refractivity contribution < 1.29 is 8.42 Å². The Morgan fingerprint density at radius 1 is 1.33 bits per heavy atom. The van der Waals surface area contributed by atoms with Crippen molar-refractivity contribution in [3.63, 3.8) is 0 Å². The summed E-state index contributed by atoms with van der Waals surface area (Å²) in [4.78, 5) is 6.79. The minimum absolute atomic E-state index is 0. The minimum Gasteiger partial charge on any atom is -0.355 e. The molecule has 5 nitrogen and oxygen atoms in total. The number of thiophene rings is 1. The Balaban J connectivity index is 0.00000529. The van der Waals surface area contributed by atoms with Gasteiger partial charge in [0.25, 0.3) is 0 Å². The molecule has 0 spiro atoms. The molecule has 1 aromatic rings. The van der Waals surface area contributed by atoms with Gasteiger partial charge in [0.2, 0.25) is 0 Å². The van der Waals surface area contributed by atoms with Crippen LogP contribution in [-0.2, 0) is 16.3 Å². The van der Waals surface area contributed by atoms with Crippen LogP contribution in [0.2, 0.25) is 0 Å². The van der Waals surface area contributed by atoms with Crippen LogP contribution < -0.4 is 10.6 Å². The molecule has 0 saturated carbocycles. The van der Waals surface area contributed by atoms with E-state index in [0.29, 0.717) is 12.5 Å². The van der Waals surface area contributed by atoms with Gasteiger partial charge in [0, 0.05) is 35.8 Å². The highest BCUT2D eigenvalue weighted by Crippen LogP contribution is 2.17. The number of aliphatic imine (C=N–C) groups is 1. The van der Waals surface area contributed by atoms with E-state index in [1.165, 1.54) is 9.75 Å². The quantitative estimate of drug-likeness (QED) is 0.368. The maximum absolute atomic E-state index is 12.1. The van der Waals surface area contributed by atoms with Gasteiger partial charge in [-0.1, -0.05) is 0 Å². The molecule has 0 aliphatic carbocycles. The van der Waals surface area contributed by atoms with E-state index in [9.17, 15) is 8.42 Å². The fourth-order valence-corrected chi connectivity index (χ4v) is 3.99. The van der Waals surface area contributed by atoms with Crippen molar-refractivity contribution in [1.29, 1.82) is 0 Å². The number of hydrogen-bond donors (Lipinski definition) is 2. The van der Waals surface area contributed by atoms with Crippen molar-refractivity contribution in [3.8, 4) is 0 Å². The summed E-state index contributed by atoms with van der Waals surface area (Å²) in [6, 6.07) is 4.49. The highest BCUT2D eigenvalue weighted by atomic mass is 127. The SMILES string of the molecule is CN=C(NCCS(=O)(=O)C(C)(C)C)NC(C)Cc1ccc(C)s1.I. The van der Waals surface area contributed by atoms with Crippen molar-refractivity contribution in [1.82, 2.24) is 10.6 Å². The second-order valence-electron chi connectivity index (χ2n) is 6.69. The van der Waals surface area contributed by atoms with Crippen LogP contribution in [0.3, 0.4) is 0 Å². The average molecular weight is 487 g/mol. The Morgan fingerprint density at radius 3 is 2.42 bits per heavy atom. The molecule has 1 unspecified atom stereocenters. The Bertz CT molecular complexity index is 634. The second kappa shape index (κ2) is 9.96. The van der Waals surface area contributed by atoms with Crippen LogP contribution in [0.4, 0.5) is 0 Å². The van der Waals surface area contributed by atoms with Gasteiger partial charge < -0.3 is 10.6 Å². The number of hydrogen-bond acceptors (Lipinski definition) is 4. The van der Waals surface area contributed by atoms with Crippen molar-refractivity contribution >= 4 is 51.1 Å². The largest absolute Gasteiger partial charge is 0.355 e. The Labute approximate surface area is 167 Å². The summed E-state index contributed by atoms with van der Waals surface area (Å²) >= 11 is 1.80. The molecular weight excluding hydrogens is 457 g/mol. The van der Waals surface area contributed by atoms with Crippen LogP contribution in [0, 0.1) is 6.92 Å². The first-order chi connectivity index (χ1) is 10.5. The maximum Gasteiger partial charge on any atom is 0.191 e. The van der Waals surface area contributed by atoms with Crippen molar-refractivity contribution in [3.05, 3.63) is 21.9 Å². The highest BCUT2D eigenvalue weighted by molar-refractivity contribution is 14.0. The van der Waals surface area contributed by atoms with E-state index >= 15 is 0 Å². The summed E-state index contributed by atoms with van der Waals surface area (Å²) in [5.41, 5.74) is 0. The maximum atomic E-state index is 12.1. The van der Waals surface area contributed by atoms with Crippen LogP contribution in [0.15, 0.2) is 17.1 Å². The minimum atomic E-state index is -3.12. The molecule has 0 aromatic carbocycles. The molecule has 2 N–H and O–H groups in total. The van der Waals surface area contributed by atoms with Gasteiger partial charge in [-0.25, -0.2) is 8.42 Å². The summed E-state index contributed by atoms with van der Waals surface area (Å²) in [6.45, 7) is 9.71. The van der Waals surface area contributed by atoms with Gasteiger partial charge in [0.15, 0.2) is 15.8 Å². The van der Waals surface area contributed by atoms with Gasteiger partial charge in [-0.3, -0.25) is 4.99 Å². The summed E-state index contributed by atoms with van der Waals surface area (Å²) in [5.74, 6) is 0.727. The third-order valence-corrected chi connectivity index (χ3v) is 7.14. The highest BCUT2D eigenvalue weighted by Gasteiger charge is 2.28. The van der Waals surface area contributed by atoms with E-state index in [4.69, 9.17) is 0 Å². The van der Waals surface area contributed by atoms with E-state index in [1.54, 1.807) is 39.2 Å². The molecule has 24 heavy (non-hydrogen) atoms. The van der Waals surface area contributed by atoms with Gasteiger partial charge >= 0.3 is 0 Å². The summed E-state index contributed by atoms with van der Waals surface area (Å²) < 4.78 is 23.5. The lowest BCUT2D eigenvalue weighted by Gasteiger charge is -2.21. The molecule has 0 aliphatic heterocycles. The molecular formula is C16H30IN3O2S2.